The average molecular weight is 396 g/mol. The van der Waals surface area contributed by atoms with E-state index in [0.717, 1.165) is 32.6 Å². The second-order valence-electron chi connectivity index (χ2n) is 6.16. The molecule has 7 heteroatoms. The van der Waals surface area contributed by atoms with Crippen LogP contribution < -0.4 is 10.6 Å². The van der Waals surface area contributed by atoms with Gasteiger partial charge in [-0.3, -0.25) is 14.6 Å². The second-order valence-corrected chi connectivity index (χ2v) is 8.60. The third-order valence-corrected chi connectivity index (χ3v) is 6.11. The summed E-state index contributed by atoms with van der Waals surface area (Å²) in [4.78, 5) is 29.7. The topological polar surface area (TPSA) is 71.1 Å². The van der Waals surface area contributed by atoms with Crippen molar-refractivity contribution in [3.8, 4) is 0 Å². The minimum Gasteiger partial charge on any atom is -0.348 e. The molecule has 136 valence electrons. The lowest BCUT2D eigenvalue weighted by Gasteiger charge is -2.11. The molecule has 2 N–H and O–H groups in total. The second kappa shape index (κ2) is 7.62. The summed E-state index contributed by atoms with van der Waals surface area (Å²) in [5.41, 5.74) is 4.25. The summed E-state index contributed by atoms with van der Waals surface area (Å²) in [5, 5.41) is 6.64. The summed E-state index contributed by atoms with van der Waals surface area (Å²) >= 11 is 0. The van der Waals surface area contributed by atoms with Crippen molar-refractivity contribution in [2.75, 3.05) is 11.6 Å². The predicted octanol–water partition coefficient (Wildman–Crippen LogP) is 4.03. The molecular formula is C20H17N3O2S2. The number of amides is 2. The normalized spacial score (nSPS) is 12.7. The van der Waals surface area contributed by atoms with Crippen LogP contribution in [0.1, 0.15) is 21.5 Å². The van der Waals surface area contributed by atoms with Crippen LogP contribution in [0.2, 0.25) is 0 Å². The van der Waals surface area contributed by atoms with Gasteiger partial charge in [0.2, 0.25) is 5.91 Å². The molecule has 27 heavy (non-hydrogen) atoms. The monoisotopic (exact) mass is 395 g/mol. The number of hydrogen-bond donors (Lipinski definition) is 2. The molecule has 1 aliphatic rings. The molecule has 0 fully saturated rings. The number of nitrogens with one attached hydrogen (secondary N) is 2. The minimum atomic E-state index is -0.136. The highest BCUT2D eigenvalue weighted by molar-refractivity contribution is 8.76. The first kappa shape index (κ1) is 17.9. The fourth-order valence-corrected chi connectivity index (χ4v) is 4.66. The Balaban J connectivity index is 1.55. The molecule has 2 amide bonds. The number of carbonyl (C=O) groups excluding carboxylic acids is 2. The molecule has 0 bridgehead atoms. The number of aromatic nitrogens is 1. The van der Waals surface area contributed by atoms with E-state index < -0.39 is 0 Å². The van der Waals surface area contributed by atoms with Crippen LogP contribution in [0.3, 0.4) is 0 Å². The summed E-state index contributed by atoms with van der Waals surface area (Å²) in [6.07, 6.45) is 4.15. The number of anilines is 1. The van der Waals surface area contributed by atoms with Gasteiger partial charge in [-0.25, -0.2) is 0 Å². The van der Waals surface area contributed by atoms with E-state index in [-0.39, 0.29) is 11.8 Å². The Hall–Kier alpha value is -2.51. The van der Waals surface area contributed by atoms with Gasteiger partial charge in [-0.15, -0.1) is 0 Å². The number of fused-ring (bicyclic) bond motifs is 2. The van der Waals surface area contributed by atoms with Gasteiger partial charge in [-0.05, 0) is 41.6 Å². The molecule has 3 aromatic rings. The van der Waals surface area contributed by atoms with Gasteiger partial charge in [0.15, 0.2) is 0 Å². The lowest BCUT2D eigenvalue weighted by molar-refractivity contribution is -0.115. The molecule has 0 atom stereocenters. The van der Waals surface area contributed by atoms with Gasteiger partial charge < -0.3 is 10.6 Å². The summed E-state index contributed by atoms with van der Waals surface area (Å²) in [7, 11) is 3.28. The van der Waals surface area contributed by atoms with Crippen LogP contribution in [0.15, 0.2) is 53.6 Å². The molecule has 4 rings (SSSR count). The largest absolute Gasteiger partial charge is 0.348 e. The van der Waals surface area contributed by atoms with Crippen molar-refractivity contribution >= 4 is 50.0 Å². The van der Waals surface area contributed by atoms with E-state index in [2.05, 4.69) is 15.6 Å². The zero-order valence-electron chi connectivity index (χ0n) is 14.6. The van der Waals surface area contributed by atoms with Gasteiger partial charge >= 0.3 is 0 Å². The lowest BCUT2D eigenvalue weighted by atomic mass is 10.1. The van der Waals surface area contributed by atoms with Crippen molar-refractivity contribution in [2.24, 2.45) is 0 Å². The standard InChI is InChI=1S/C20H17N3O2S2/c1-26-27-17-7-5-15(14-3-2-8-21-19(14)17)20(25)22-11-12-4-6-16-13(9-12)10-18(24)23-16/h2-9H,10-11H2,1H3,(H,22,25)(H,23,24). The van der Waals surface area contributed by atoms with E-state index in [9.17, 15) is 9.59 Å². The van der Waals surface area contributed by atoms with Crippen molar-refractivity contribution in [3.63, 3.8) is 0 Å². The van der Waals surface area contributed by atoms with Crippen LogP contribution in [0.5, 0.6) is 0 Å². The summed E-state index contributed by atoms with van der Waals surface area (Å²) in [6.45, 7) is 0.406. The highest BCUT2D eigenvalue weighted by Crippen LogP contribution is 2.34. The first-order valence-electron chi connectivity index (χ1n) is 8.44. The molecule has 0 aliphatic carbocycles. The maximum atomic E-state index is 12.8. The Labute approximate surface area is 164 Å². The molecule has 1 aromatic heterocycles. The molecule has 1 aliphatic heterocycles. The van der Waals surface area contributed by atoms with Gasteiger partial charge in [-0.2, -0.15) is 0 Å². The van der Waals surface area contributed by atoms with E-state index in [1.54, 1.807) is 27.8 Å². The Morgan fingerprint density at radius 1 is 1.26 bits per heavy atom. The first-order valence-corrected chi connectivity index (χ1v) is 11.0. The highest BCUT2D eigenvalue weighted by Gasteiger charge is 2.18. The van der Waals surface area contributed by atoms with E-state index in [1.165, 1.54) is 0 Å². The molecule has 0 radical (unpaired) electrons. The quantitative estimate of drug-likeness (QED) is 0.638. The fourth-order valence-electron chi connectivity index (χ4n) is 3.17. The molecule has 0 saturated heterocycles. The Kier molecular flexibility index (Phi) is 5.05. The maximum absolute atomic E-state index is 12.8. The number of pyridine rings is 1. The third-order valence-electron chi connectivity index (χ3n) is 4.40. The number of benzene rings is 2. The maximum Gasteiger partial charge on any atom is 0.252 e. The van der Waals surface area contributed by atoms with Crippen molar-refractivity contribution in [3.05, 3.63) is 65.4 Å². The first-order chi connectivity index (χ1) is 13.2. The van der Waals surface area contributed by atoms with Crippen LogP contribution in [0.4, 0.5) is 5.69 Å². The zero-order valence-corrected chi connectivity index (χ0v) is 16.2. The third kappa shape index (κ3) is 3.65. The number of hydrogen-bond acceptors (Lipinski definition) is 5. The molecule has 2 heterocycles. The van der Waals surface area contributed by atoms with Crippen molar-refractivity contribution in [1.29, 1.82) is 0 Å². The fraction of sp³-hybridized carbons (Fsp3) is 0.150. The van der Waals surface area contributed by atoms with E-state index in [1.807, 2.05) is 48.7 Å². The summed E-state index contributed by atoms with van der Waals surface area (Å²) in [5.74, 6) is -0.128. The molecule has 0 unspecified atom stereocenters. The van der Waals surface area contributed by atoms with Crippen LogP contribution in [0.25, 0.3) is 10.9 Å². The average Bonchev–Trinajstić information content (AvgIpc) is 3.06. The Morgan fingerprint density at radius 3 is 3.00 bits per heavy atom. The highest BCUT2D eigenvalue weighted by atomic mass is 33.1. The summed E-state index contributed by atoms with van der Waals surface area (Å²) in [6, 6.07) is 13.3. The molecule has 5 nitrogen and oxygen atoms in total. The van der Waals surface area contributed by atoms with Gasteiger partial charge in [0.1, 0.15) is 0 Å². The van der Waals surface area contributed by atoms with Crippen LogP contribution in [-0.4, -0.2) is 23.1 Å². The van der Waals surface area contributed by atoms with E-state index in [4.69, 9.17) is 0 Å². The van der Waals surface area contributed by atoms with Crippen LogP contribution in [-0.2, 0) is 17.8 Å². The zero-order chi connectivity index (χ0) is 18.8. The van der Waals surface area contributed by atoms with Gasteiger partial charge in [0.25, 0.3) is 5.91 Å². The van der Waals surface area contributed by atoms with Gasteiger partial charge in [-0.1, -0.05) is 39.8 Å². The van der Waals surface area contributed by atoms with Crippen LogP contribution in [0, 0.1) is 0 Å². The minimum absolute atomic E-state index is 0.00774. The number of nitrogens with zero attached hydrogens (tertiary/aromatic N) is 1. The van der Waals surface area contributed by atoms with Crippen molar-refractivity contribution in [1.82, 2.24) is 10.3 Å². The lowest BCUT2D eigenvalue weighted by Crippen LogP contribution is -2.23. The number of rotatable bonds is 5. The van der Waals surface area contributed by atoms with E-state index >= 15 is 0 Å². The predicted molar refractivity (Wildman–Crippen MR) is 111 cm³/mol. The van der Waals surface area contributed by atoms with Crippen molar-refractivity contribution in [2.45, 2.75) is 17.9 Å². The molecule has 0 spiro atoms. The summed E-state index contributed by atoms with van der Waals surface area (Å²) < 4.78 is 0. The smallest absolute Gasteiger partial charge is 0.252 e. The van der Waals surface area contributed by atoms with Crippen molar-refractivity contribution < 1.29 is 9.59 Å². The van der Waals surface area contributed by atoms with Gasteiger partial charge in [0, 0.05) is 34.3 Å². The van der Waals surface area contributed by atoms with Gasteiger partial charge in [0.05, 0.1) is 11.9 Å². The number of carbonyl (C=O) groups is 2. The SMILES string of the molecule is CSSc1ccc(C(=O)NCc2ccc3c(c2)CC(=O)N3)c2cccnc12. The Bertz CT molecular complexity index is 1050. The molecular weight excluding hydrogens is 378 g/mol. The molecule has 2 aromatic carbocycles. The molecule has 0 saturated carbocycles. The van der Waals surface area contributed by atoms with E-state index in [0.29, 0.717) is 18.5 Å². The Morgan fingerprint density at radius 2 is 2.15 bits per heavy atom. The van der Waals surface area contributed by atoms with Crippen LogP contribution >= 0.6 is 21.6 Å².